The molecule has 1 aliphatic heterocycles. The SMILES string of the molecule is O=C(COC(=O)c1ccc2c(c1)OCCO2)NNC(=O)c1ccc(F)cc1. The lowest BCUT2D eigenvalue weighted by Crippen LogP contribution is -2.43. The minimum atomic E-state index is -0.739. The average Bonchev–Trinajstić information content (AvgIpc) is 2.70. The standard InChI is InChI=1S/C18H15FN2O6/c19-13-4-1-11(2-5-13)17(23)21-20-16(22)10-27-18(24)12-3-6-14-15(9-12)26-8-7-25-14/h1-6,9H,7-8,10H2,(H,20,22)(H,21,23). The van der Waals surface area contributed by atoms with Gasteiger partial charge in [0.25, 0.3) is 11.8 Å². The quantitative estimate of drug-likeness (QED) is 0.616. The first-order valence-corrected chi connectivity index (χ1v) is 7.94. The molecule has 0 spiro atoms. The molecule has 1 aliphatic rings. The Hall–Kier alpha value is -3.62. The molecule has 0 unspecified atom stereocenters. The van der Waals surface area contributed by atoms with Gasteiger partial charge in [-0.1, -0.05) is 0 Å². The van der Waals surface area contributed by atoms with Crippen LogP contribution in [-0.2, 0) is 9.53 Å². The summed E-state index contributed by atoms with van der Waals surface area (Å²) < 4.78 is 28.4. The van der Waals surface area contributed by atoms with Gasteiger partial charge in [0.05, 0.1) is 5.56 Å². The largest absolute Gasteiger partial charge is 0.486 e. The number of hydrogen-bond acceptors (Lipinski definition) is 6. The van der Waals surface area contributed by atoms with Crippen molar-refractivity contribution in [3.63, 3.8) is 0 Å². The van der Waals surface area contributed by atoms with E-state index in [0.29, 0.717) is 24.7 Å². The summed E-state index contributed by atoms with van der Waals surface area (Å²) in [4.78, 5) is 35.5. The lowest BCUT2D eigenvalue weighted by Gasteiger charge is -2.18. The van der Waals surface area contributed by atoms with Crippen LogP contribution in [0.2, 0.25) is 0 Å². The Morgan fingerprint density at radius 2 is 1.59 bits per heavy atom. The van der Waals surface area contributed by atoms with Crippen LogP contribution in [0.25, 0.3) is 0 Å². The minimum absolute atomic E-state index is 0.157. The number of fused-ring (bicyclic) bond motifs is 1. The number of hydrogen-bond donors (Lipinski definition) is 2. The molecule has 0 fully saturated rings. The number of amides is 2. The number of carbonyl (C=O) groups excluding carboxylic acids is 3. The number of benzene rings is 2. The number of halogens is 1. The smallest absolute Gasteiger partial charge is 0.338 e. The highest BCUT2D eigenvalue weighted by atomic mass is 19.1. The Kier molecular flexibility index (Phi) is 5.50. The number of rotatable bonds is 4. The van der Waals surface area contributed by atoms with Gasteiger partial charge in [0.2, 0.25) is 0 Å². The molecule has 2 aromatic carbocycles. The highest BCUT2D eigenvalue weighted by molar-refractivity contribution is 5.96. The van der Waals surface area contributed by atoms with Crippen LogP contribution < -0.4 is 20.3 Å². The molecule has 140 valence electrons. The lowest BCUT2D eigenvalue weighted by molar-refractivity contribution is -0.125. The molecule has 0 saturated carbocycles. The molecule has 0 bridgehead atoms. The second-order valence-corrected chi connectivity index (χ2v) is 5.44. The van der Waals surface area contributed by atoms with E-state index in [4.69, 9.17) is 14.2 Å². The van der Waals surface area contributed by atoms with E-state index in [2.05, 4.69) is 10.9 Å². The summed E-state index contributed by atoms with van der Waals surface area (Å²) in [5.74, 6) is -1.64. The Labute approximate surface area is 153 Å². The van der Waals surface area contributed by atoms with Crippen molar-refractivity contribution in [3.05, 3.63) is 59.4 Å². The maximum Gasteiger partial charge on any atom is 0.338 e. The van der Waals surface area contributed by atoms with Crippen molar-refractivity contribution >= 4 is 17.8 Å². The van der Waals surface area contributed by atoms with Gasteiger partial charge >= 0.3 is 5.97 Å². The molecule has 0 atom stereocenters. The van der Waals surface area contributed by atoms with Crippen molar-refractivity contribution in [3.8, 4) is 11.5 Å². The Balaban J connectivity index is 1.46. The zero-order chi connectivity index (χ0) is 19.2. The second kappa shape index (κ2) is 8.17. The number of esters is 1. The topological polar surface area (TPSA) is 103 Å². The van der Waals surface area contributed by atoms with E-state index >= 15 is 0 Å². The molecule has 8 nitrogen and oxygen atoms in total. The van der Waals surface area contributed by atoms with Crippen LogP contribution >= 0.6 is 0 Å². The van der Waals surface area contributed by atoms with Gasteiger partial charge in [-0.3, -0.25) is 20.4 Å². The highest BCUT2D eigenvalue weighted by Crippen LogP contribution is 2.30. The van der Waals surface area contributed by atoms with Crippen molar-refractivity contribution in [1.82, 2.24) is 10.9 Å². The minimum Gasteiger partial charge on any atom is -0.486 e. The molecule has 0 saturated heterocycles. The van der Waals surface area contributed by atoms with E-state index in [9.17, 15) is 18.8 Å². The molecular weight excluding hydrogens is 359 g/mol. The van der Waals surface area contributed by atoms with Crippen LogP contribution in [0.4, 0.5) is 4.39 Å². The Bertz CT molecular complexity index is 869. The highest BCUT2D eigenvalue weighted by Gasteiger charge is 2.17. The maximum atomic E-state index is 12.8. The van der Waals surface area contributed by atoms with Gasteiger partial charge in [0, 0.05) is 5.56 Å². The predicted octanol–water partition coefficient (Wildman–Crippen LogP) is 1.21. The summed E-state index contributed by atoms with van der Waals surface area (Å²) in [6, 6.07) is 9.29. The third kappa shape index (κ3) is 4.72. The van der Waals surface area contributed by atoms with Crippen LogP contribution in [0.5, 0.6) is 11.5 Å². The van der Waals surface area contributed by atoms with Gasteiger partial charge in [-0.2, -0.15) is 0 Å². The van der Waals surface area contributed by atoms with E-state index in [1.54, 1.807) is 6.07 Å². The summed E-state index contributed by atoms with van der Waals surface area (Å²) >= 11 is 0. The second-order valence-electron chi connectivity index (χ2n) is 5.44. The molecule has 2 amide bonds. The van der Waals surface area contributed by atoms with E-state index in [1.807, 2.05) is 0 Å². The number of nitrogens with one attached hydrogen (secondary N) is 2. The zero-order valence-electron chi connectivity index (χ0n) is 14.0. The Morgan fingerprint density at radius 1 is 0.926 bits per heavy atom. The van der Waals surface area contributed by atoms with Crippen molar-refractivity contribution in [2.45, 2.75) is 0 Å². The first-order valence-electron chi connectivity index (χ1n) is 7.94. The maximum absolute atomic E-state index is 12.8. The molecule has 2 aromatic rings. The molecule has 0 radical (unpaired) electrons. The first-order chi connectivity index (χ1) is 13.0. The summed E-state index contributed by atoms with van der Waals surface area (Å²) in [5.41, 5.74) is 4.59. The fourth-order valence-electron chi connectivity index (χ4n) is 2.22. The lowest BCUT2D eigenvalue weighted by atomic mass is 10.2. The Morgan fingerprint density at radius 3 is 2.33 bits per heavy atom. The van der Waals surface area contributed by atoms with Gasteiger partial charge in [-0.05, 0) is 42.5 Å². The molecule has 1 heterocycles. The normalized spacial score (nSPS) is 12.0. The molecule has 0 aromatic heterocycles. The van der Waals surface area contributed by atoms with Crippen LogP contribution in [0.15, 0.2) is 42.5 Å². The monoisotopic (exact) mass is 374 g/mol. The van der Waals surface area contributed by atoms with Crippen molar-refractivity contribution in [1.29, 1.82) is 0 Å². The third-order valence-corrected chi connectivity index (χ3v) is 3.53. The van der Waals surface area contributed by atoms with Crippen molar-refractivity contribution in [2.75, 3.05) is 19.8 Å². The number of hydrazine groups is 1. The predicted molar refractivity (Wildman–Crippen MR) is 89.7 cm³/mol. The zero-order valence-corrected chi connectivity index (χ0v) is 14.0. The fourth-order valence-corrected chi connectivity index (χ4v) is 2.22. The van der Waals surface area contributed by atoms with Crippen LogP contribution in [0.1, 0.15) is 20.7 Å². The molecular formula is C18H15FN2O6. The molecule has 0 aliphatic carbocycles. The van der Waals surface area contributed by atoms with Gasteiger partial charge < -0.3 is 14.2 Å². The fraction of sp³-hybridized carbons (Fsp3) is 0.167. The summed E-state index contributed by atoms with van der Waals surface area (Å²) in [6.07, 6.45) is 0. The molecule has 27 heavy (non-hydrogen) atoms. The third-order valence-electron chi connectivity index (χ3n) is 3.53. The first kappa shape index (κ1) is 18.2. The van der Waals surface area contributed by atoms with Crippen LogP contribution in [0.3, 0.4) is 0 Å². The van der Waals surface area contributed by atoms with Crippen LogP contribution in [0, 0.1) is 5.82 Å². The van der Waals surface area contributed by atoms with Crippen LogP contribution in [-0.4, -0.2) is 37.6 Å². The van der Waals surface area contributed by atoms with Gasteiger partial charge in [0.15, 0.2) is 18.1 Å². The molecule has 3 rings (SSSR count). The molecule has 2 N–H and O–H groups in total. The van der Waals surface area contributed by atoms with Gasteiger partial charge in [-0.15, -0.1) is 0 Å². The number of ether oxygens (including phenoxy) is 3. The number of carbonyl (C=O) groups is 3. The summed E-state index contributed by atoms with van der Waals surface area (Å²) in [7, 11) is 0. The van der Waals surface area contributed by atoms with Gasteiger partial charge in [0.1, 0.15) is 19.0 Å². The summed E-state index contributed by atoms with van der Waals surface area (Å²) in [6.45, 7) is 0.208. The van der Waals surface area contributed by atoms with Crippen molar-refractivity contribution < 1.29 is 33.0 Å². The molecule has 9 heteroatoms. The van der Waals surface area contributed by atoms with E-state index in [-0.39, 0.29) is 11.1 Å². The van der Waals surface area contributed by atoms with Gasteiger partial charge in [-0.25, -0.2) is 9.18 Å². The van der Waals surface area contributed by atoms with E-state index < -0.39 is 30.2 Å². The van der Waals surface area contributed by atoms with Crippen molar-refractivity contribution in [2.24, 2.45) is 0 Å². The van der Waals surface area contributed by atoms with E-state index in [0.717, 1.165) is 12.1 Å². The average molecular weight is 374 g/mol. The summed E-state index contributed by atoms with van der Waals surface area (Å²) in [5, 5.41) is 0. The van der Waals surface area contributed by atoms with E-state index in [1.165, 1.54) is 24.3 Å².